The number of rotatable bonds is 6. The van der Waals surface area contributed by atoms with Gasteiger partial charge in [0.1, 0.15) is 5.37 Å². The van der Waals surface area contributed by atoms with Gasteiger partial charge in [-0.15, -0.1) is 11.8 Å². The Morgan fingerprint density at radius 3 is 2.45 bits per heavy atom. The number of benzene rings is 1. The number of carbonyl (C=O) groups excluding carboxylic acids is 2. The van der Waals surface area contributed by atoms with Crippen molar-refractivity contribution in [2.24, 2.45) is 0 Å². The number of carbonyl (C=O) groups is 3. The second-order valence-electron chi connectivity index (χ2n) is 4.88. The van der Waals surface area contributed by atoms with Crippen LogP contribution in [0.5, 0.6) is 0 Å². The van der Waals surface area contributed by atoms with Gasteiger partial charge >= 0.3 is 5.97 Å². The molecule has 0 aromatic heterocycles. The number of aliphatic carboxylic acids is 1. The Hall–Kier alpha value is -2.08. The number of carboxylic acids is 1. The third-order valence-electron chi connectivity index (χ3n) is 3.44. The van der Waals surface area contributed by atoms with Gasteiger partial charge < -0.3 is 10.0 Å². The van der Waals surface area contributed by atoms with E-state index in [1.54, 1.807) is 37.4 Å². The molecule has 0 radical (unpaired) electrons. The molecule has 116 valence electrons. The van der Waals surface area contributed by atoms with Crippen LogP contribution in [0.15, 0.2) is 41.5 Å². The number of hydrogen-bond acceptors (Lipinski definition) is 4. The average molecular weight is 319 g/mol. The first-order valence-electron chi connectivity index (χ1n) is 6.90. The predicted molar refractivity (Wildman–Crippen MR) is 84.7 cm³/mol. The molecule has 0 fully saturated rings. The van der Waals surface area contributed by atoms with Crippen molar-refractivity contribution >= 4 is 29.4 Å². The van der Waals surface area contributed by atoms with E-state index in [0.717, 1.165) is 0 Å². The smallest absolute Gasteiger partial charge is 0.308 e. The van der Waals surface area contributed by atoms with E-state index in [2.05, 4.69) is 0 Å². The van der Waals surface area contributed by atoms with E-state index < -0.39 is 17.8 Å². The Morgan fingerprint density at radius 1 is 1.27 bits per heavy atom. The molecule has 6 heteroatoms. The highest BCUT2D eigenvalue weighted by Crippen LogP contribution is 2.35. The van der Waals surface area contributed by atoms with E-state index >= 15 is 0 Å². The Bertz CT molecular complexity index is 639. The third kappa shape index (κ3) is 3.06. The number of amides is 1. The molecule has 1 amide bonds. The first-order chi connectivity index (χ1) is 10.5. The summed E-state index contributed by atoms with van der Waals surface area (Å²) < 4.78 is 0. The minimum atomic E-state index is -1.11. The van der Waals surface area contributed by atoms with E-state index in [-0.39, 0.29) is 17.3 Å². The molecule has 1 unspecified atom stereocenters. The zero-order chi connectivity index (χ0) is 16.3. The lowest BCUT2D eigenvalue weighted by atomic mass is 9.98. The third-order valence-corrected chi connectivity index (χ3v) is 4.64. The molecular formula is C16H17NO4S. The van der Waals surface area contributed by atoms with Crippen LogP contribution in [0.25, 0.3) is 0 Å². The van der Waals surface area contributed by atoms with Crippen LogP contribution in [0.2, 0.25) is 0 Å². The first kappa shape index (κ1) is 16.3. The summed E-state index contributed by atoms with van der Waals surface area (Å²) in [7, 11) is 1.60. The van der Waals surface area contributed by atoms with Crippen molar-refractivity contribution in [2.45, 2.75) is 18.7 Å². The van der Waals surface area contributed by atoms with Gasteiger partial charge in [0.05, 0.1) is 6.42 Å². The van der Waals surface area contributed by atoms with Gasteiger partial charge in [0.25, 0.3) is 5.91 Å². The largest absolute Gasteiger partial charge is 0.481 e. The Morgan fingerprint density at radius 2 is 1.91 bits per heavy atom. The van der Waals surface area contributed by atoms with Crippen molar-refractivity contribution in [1.82, 2.24) is 4.90 Å². The van der Waals surface area contributed by atoms with Gasteiger partial charge in [0, 0.05) is 23.8 Å². The van der Waals surface area contributed by atoms with Crippen LogP contribution in [0, 0.1) is 0 Å². The van der Waals surface area contributed by atoms with Crippen LogP contribution < -0.4 is 0 Å². The van der Waals surface area contributed by atoms with Crippen LogP contribution >= 0.6 is 11.8 Å². The van der Waals surface area contributed by atoms with E-state index in [0.29, 0.717) is 16.9 Å². The zero-order valence-electron chi connectivity index (χ0n) is 12.4. The molecular weight excluding hydrogens is 302 g/mol. The lowest BCUT2D eigenvalue weighted by Gasteiger charge is -2.21. The zero-order valence-corrected chi connectivity index (χ0v) is 13.2. The van der Waals surface area contributed by atoms with Crippen molar-refractivity contribution in [3.05, 3.63) is 47.0 Å². The Balaban J connectivity index is 2.51. The van der Waals surface area contributed by atoms with Gasteiger partial charge in [0.15, 0.2) is 5.78 Å². The molecule has 1 aliphatic heterocycles. The molecule has 2 rings (SSSR count). The monoisotopic (exact) mass is 319 g/mol. The fourth-order valence-corrected chi connectivity index (χ4v) is 3.50. The van der Waals surface area contributed by atoms with Crippen molar-refractivity contribution in [3.63, 3.8) is 0 Å². The molecule has 1 aliphatic rings. The van der Waals surface area contributed by atoms with Gasteiger partial charge in [-0.2, -0.15) is 0 Å². The quantitative estimate of drug-likeness (QED) is 0.814. The van der Waals surface area contributed by atoms with E-state index in [4.69, 9.17) is 5.11 Å². The predicted octanol–water partition coefficient (Wildman–Crippen LogP) is 2.19. The van der Waals surface area contributed by atoms with Crippen LogP contribution in [0.1, 0.15) is 23.7 Å². The molecule has 1 aromatic rings. The van der Waals surface area contributed by atoms with Crippen LogP contribution in [0.3, 0.4) is 0 Å². The van der Waals surface area contributed by atoms with Gasteiger partial charge in [-0.1, -0.05) is 37.3 Å². The SMILES string of the molecule is CCSC1C(C(=O)c2ccccc2)=C(CC(=O)O)C(=O)N1C. The van der Waals surface area contributed by atoms with Crippen molar-refractivity contribution in [2.75, 3.05) is 12.8 Å². The highest BCUT2D eigenvalue weighted by Gasteiger charge is 2.41. The number of Topliss-reactive ketones (excluding diaryl/α,β-unsaturated/α-hetero) is 1. The average Bonchev–Trinajstić information content (AvgIpc) is 2.72. The normalized spacial score (nSPS) is 18.0. The molecule has 22 heavy (non-hydrogen) atoms. The Labute approximate surface area is 133 Å². The molecule has 1 aromatic carbocycles. The summed E-state index contributed by atoms with van der Waals surface area (Å²) in [4.78, 5) is 37.6. The summed E-state index contributed by atoms with van der Waals surface area (Å²) in [6.07, 6.45) is -0.433. The lowest BCUT2D eigenvalue weighted by molar-refractivity contribution is -0.137. The molecule has 1 N–H and O–H groups in total. The highest BCUT2D eigenvalue weighted by molar-refractivity contribution is 8.00. The highest BCUT2D eigenvalue weighted by atomic mass is 32.2. The number of hydrogen-bond donors (Lipinski definition) is 1. The summed E-state index contributed by atoms with van der Waals surface area (Å²) >= 11 is 1.45. The van der Waals surface area contributed by atoms with Crippen molar-refractivity contribution in [3.8, 4) is 0 Å². The summed E-state index contributed by atoms with van der Waals surface area (Å²) in [5.41, 5.74) is 0.855. The molecule has 0 spiro atoms. The van der Waals surface area contributed by atoms with E-state index in [1.165, 1.54) is 16.7 Å². The van der Waals surface area contributed by atoms with Gasteiger partial charge in [-0.05, 0) is 5.75 Å². The second kappa shape index (κ2) is 6.79. The van der Waals surface area contributed by atoms with Crippen LogP contribution in [-0.4, -0.2) is 45.8 Å². The number of nitrogens with zero attached hydrogens (tertiary/aromatic N) is 1. The molecule has 1 heterocycles. The second-order valence-corrected chi connectivity index (χ2v) is 6.24. The number of thioether (sulfide) groups is 1. The molecule has 5 nitrogen and oxygen atoms in total. The lowest BCUT2D eigenvalue weighted by Crippen LogP contribution is -2.31. The number of ketones is 1. The van der Waals surface area contributed by atoms with Gasteiger partial charge in [-0.3, -0.25) is 14.4 Å². The summed E-state index contributed by atoms with van der Waals surface area (Å²) in [6, 6.07) is 8.63. The molecule has 0 bridgehead atoms. The summed E-state index contributed by atoms with van der Waals surface area (Å²) in [6.45, 7) is 1.93. The van der Waals surface area contributed by atoms with Crippen LogP contribution in [0.4, 0.5) is 0 Å². The maximum Gasteiger partial charge on any atom is 0.308 e. The first-order valence-corrected chi connectivity index (χ1v) is 7.95. The van der Waals surface area contributed by atoms with Gasteiger partial charge in [-0.25, -0.2) is 0 Å². The maximum absolute atomic E-state index is 12.8. The van der Waals surface area contributed by atoms with Gasteiger partial charge in [0.2, 0.25) is 0 Å². The maximum atomic E-state index is 12.8. The minimum Gasteiger partial charge on any atom is -0.481 e. The number of likely N-dealkylation sites (N-methyl/N-ethyl adjacent to an activating group) is 1. The number of carboxylic acid groups (broad SMARTS) is 1. The van der Waals surface area contributed by atoms with Crippen molar-refractivity contribution in [1.29, 1.82) is 0 Å². The fraction of sp³-hybridized carbons (Fsp3) is 0.312. The molecule has 0 aliphatic carbocycles. The Kier molecular flexibility index (Phi) is 5.03. The topological polar surface area (TPSA) is 74.7 Å². The molecule has 1 atom stereocenters. The summed E-state index contributed by atoms with van der Waals surface area (Å²) in [5, 5.41) is 8.61. The molecule has 0 saturated carbocycles. The standard InChI is InChI=1S/C16H17NO4S/c1-3-22-16-13(14(20)10-7-5-4-6-8-10)11(9-12(18)19)15(21)17(16)2/h4-8,16H,3,9H2,1-2H3,(H,18,19). The van der Waals surface area contributed by atoms with E-state index in [1.807, 2.05) is 6.92 Å². The van der Waals surface area contributed by atoms with E-state index in [9.17, 15) is 14.4 Å². The van der Waals surface area contributed by atoms with Crippen molar-refractivity contribution < 1.29 is 19.5 Å². The minimum absolute atomic E-state index is 0.0924. The van der Waals surface area contributed by atoms with Crippen LogP contribution in [-0.2, 0) is 9.59 Å². The molecule has 0 saturated heterocycles. The summed E-state index contributed by atoms with van der Waals surface area (Å²) in [5.74, 6) is -1.06. The fourth-order valence-electron chi connectivity index (χ4n) is 2.45.